The molecule has 0 aromatic carbocycles. The summed E-state index contributed by atoms with van der Waals surface area (Å²) in [4.78, 5) is 0. The molecular weight excluding hydrogens is 123 g/mol. The average Bonchev–Trinajstić information content (AvgIpc) is 0.918. The second-order valence-electron chi connectivity index (χ2n) is 0.158. The predicted molar refractivity (Wildman–Crippen MR) is 11.0 cm³/mol. The Morgan fingerprint density at radius 2 is 1.75 bits per heavy atom. The van der Waals surface area contributed by atoms with Gasteiger partial charge in [0.15, 0.2) is 0 Å². The first-order valence-corrected chi connectivity index (χ1v) is 0.577. The van der Waals surface area contributed by atoms with E-state index in [1.807, 2.05) is 0 Å². The molecule has 0 saturated carbocycles. The summed E-state index contributed by atoms with van der Waals surface area (Å²) >= 11 is 0. The summed E-state index contributed by atoms with van der Waals surface area (Å²) in [5.41, 5.74) is 0. The zero-order valence-corrected chi connectivity index (χ0v) is 7.57. The Labute approximate surface area is 74.8 Å². The van der Waals surface area contributed by atoms with Crippen molar-refractivity contribution in [3.63, 3.8) is 0 Å². The Morgan fingerprint density at radius 1 is 1.75 bits per heavy atom. The molecular formula is C2H2NRb. The van der Waals surface area contributed by atoms with Crippen LogP contribution in [-0.4, -0.2) is 0 Å². The van der Waals surface area contributed by atoms with E-state index in [1.54, 1.807) is 0 Å². The van der Waals surface area contributed by atoms with Gasteiger partial charge in [0.2, 0.25) is 0 Å². The summed E-state index contributed by atoms with van der Waals surface area (Å²) in [5.74, 6) is 0. The molecule has 0 aromatic rings. The zero-order chi connectivity index (χ0) is 2.71. The maximum absolute atomic E-state index is 7.21. The first-order valence-electron chi connectivity index (χ1n) is 0.577. The molecule has 0 heterocycles. The first-order chi connectivity index (χ1) is 1.41. The van der Waals surface area contributed by atoms with Crippen LogP contribution in [0.15, 0.2) is 0 Å². The maximum Gasteiger partial charge on any atom is 1.00 e. The van der Waals surface area contributed by atoms with Crippen molar-refractivity contribution in [3.8, 4) is 6.07 Å². The van der Waals surface area contributed by atoms with Crippen LogP contribution in [0.3, 0.4) is 0 Å². The average molecular weight is 126 g/mol. The van der Waals surface area contributed by atoms with E-state index in [2.05, 4.69) is 6.92 Å². The molecule has 16 valence electrons. The van der Waals surface area contributed by atoms with Gasteiger partial charge in [0.25, 0.3) is 0 Å². The normalized spacial score (nSPS) is 1.75. The fourth-order valence-electron chi connectivity index (χ4n) is 0. The summed E-state index contributed by atoms with van der Waals surface area (Å²) in [6, 6.07) is 1.50. The van der Waals surface area contributed by atoms with Gasteiger partial charge in [0, 0.05) is 0 Å². The van der Waals surface area contributed by atoms with Gasteiger partial charge < -0.3 is 6.92 Å². The minimum atomic E-state index is 0. The van der Waals surface area contributed by atoms with Crippen molar-refractivity contribution in [2.24, 2.45) is 0 Å². The van der Waals surface area contributed by atoms with Gasteiger partial charge in [-0.05, 0) is 0 Å². The van der Waals surface area contributed by atoms with Gasteiger partial charge >= 0.3 is 58.2 Å². The van der Waals surface area contributed by atoms with Crippen molar-refractivity contribution in [2.45, 2.75) is 0 Å². The molecule has 0 radical (unpaired) electrons. The first kappa shape index (κ1) is 8.94. The van der Waals surface area contributed by atoms with Gasteiger partial charge in [-0.15, -0.1) is 6.07 Å². The molecule has 0 saturated heterocycles. The van der Waals surface area contributed by atoms with Crippen LogP contribution in [0.4, 0.5) is 0 Å². The largest absolute Gasteiger partial charge is 1.00 e. The Kier molecular flexibility index (Phi) is 19.9. The monoisotopic (exact) mass is 125 g/mol. The summed E-state index contributed by atoms with van der Waals surface area (Å²) in [6.07, 6.45) is 0. The molecule has 0 unspecified atom stereocenters. The smallest absolute Gasteiger partial charge is 0.305 e. The van der Waals surface area contributed by atoms with Crippen LogP contribution in [0.2, 0.25) is 0 Å². The number of hydrogen-bond donors (Lipinski definition) is 0. The van der Waals surface area contributed by atoms with E-state index in [1.165, 1.54) is 6.07 Å². The fourth-order valence-corrected chi connectivity index (χ4v) is 0. The Morgan fingerprint density at radius 3 is 1.75 bits per heavy atom. The Bertz CT molecular complexity index is 27.5. The van der Waals surface area contributed by atoms with Crippen molar-refractivity contribution in [2.75, 3.05) is 0 Å². The molecule has 0 spiro atoms. The molecule has 0 aliphatic heterocycles. The van der Waals surface area contributed by atoms with E-state index in [0.717, 1.165) is 0 Å². The standard InChI is InChI=1S/C2H2N.Rb/c1-2-3;/h1H2;/q-1;+1. The van der Waals surface area contributed by atoms with Crippen LogP contribution in [-0.2, 0) is 0 Å². The third-order valence-corrected chi connectivity index (χ3v) is 0. The van der Waals surface area contributed by atoms with E-state index in [4.69, 9.17) is 5.26 Å². The Balaban J connectivity index is 0. The minimum absolute atomic E-state index is 0. The predicted octanol–water partition coefficient (Wildman–Crippen LogP) is -2.65. The van der Waals surface area contributed by atoms with Crippen molar-refractivity contribution in [1.82, 2.24) is 0 Å². The third-order valence-electron chi connectivity index (χ3n) is 0. The molecule has 0 aliphatic rings. The van der Waals surface area contributed by atoms with Crippen molar-refractivity contribution >= 4 is 0 Å². The van der Waals surface area contributed by atoms with E-state index < -0.39 is 0 Å². The summed E-state index contributed by atoms with van der Waals surface area (Å²) in [5, 5.41) is 7.21. The topological polar surface area (TPSA) is 23.8 Å². The minimum Gasteiger partial charge on any atom is -0.305 e. The molecule has 1 nitrogen and oxygen atoms in total. The molecule has 4 heavy (non-hydrogen) atoms. The molecule has 0 bridgehead atoms. The fraction of sp³-hybridized carbons (Fsp3) is 0. The quantitative estimate of drug-likeness (QED) is 0.325. The summed E-state index contributed by atoms with van der Waals surface area (Å²) < 4.78 is 0. The molecule has 0 aromatic heterocycles. The number of nitrogens with zero attached hydrogens (tertiary/aromatic N) is 1. The molecule has 0 N–H and O–H groups in total. The van der Waals surface area contributed by atoms with Gasteiger partial charge in [0.1, 0.15) is 0 Å². The van der Waals surface area contributed by atoms with Crippen molar-refractivity contribution in [3.05, 3.63) is 6.92 Å². The van der Waals surface area contributed by atoms with Crippen LogP contribution in [0.5, 0.6) is 0 Å². The third kappa shape index (κ3) is 10.9. The van der Waals surface area contributed by atoms with Crippen LogP contribution < -0.4 is 58.2 Å². The van der Waals surface area contributed by atoms with E-state index in [9.17, 15) is 0 Å². The molecule has 0 atom stereocenters. The molecule has 0 fully saturated rings. The summed E-state index contributed by atoms with van der Waals surface area (Å²) in [7, 11) is 0. The van der Waals surface area contributed by atoms with Gasteiger partial charge in [0.05, 0.1) is 0 Å². The summed E-state index contributed by atoms with van der Waals surface area (Å²) in [6.45, 7) is 2.79. The Hall–Kier alpha value is 1.17. The molecule has 0 aliphatic carbocycles. The van der Waals surface area contributed by atoms with Gasteiger partial charge in [-0.1, -0.05) is 0 Å². The number of nitriles is 1. The van der Waals surface area contributed by atoms with E-state index in [0.29, 0.717) is 0 Å². The van der Waals surface area contributed by atoms with Crippen LogP contribution in [0.1, 0.15) is 0 Å². The van der Waals surface area contributed by atoms with Gasteiger partial charge in [-0.3, -0.25) is 0 Å². The number of hydrogen-bond acceptors (Lipinski definition) is 1. The SMILES string of the molecule is [CH2-]C#N.[Rb+]. The molecule has 2 heteroatoms. The second-order valence-corrected chi connectivity index (χ2v) is 0.158. The van der Waals surface area contributed by atoms with Crippen LogP contribution >= 0.6 is 0 Å². The number of rotatable bonds is 0. The van der Waals surface area contributed by atoms with Gasteiger partial charge in [-0.2, -0.15) is 0 Å². The van der Waals surface area contributed by atoms with Crippen molar-refractivity contribution < 1.29 is 58.2 Å². The van der Waals surface area contributed by atoms with E-state index in [-0.39, 0.29) is 58.2 Å². The van der Waals surface area contributed by atoms with Crippen LogP contribution in [0.25, 0.3) is 0 Å². The second kappa shape index (κ2) is 8.90. The maximum atomic E-state index is 7.21. The van der Waals surface area contributed by atoms with E-state index >= 15 is 0 Å². The zero-order valence-electron chi connectivity index (χ0n) is 2.65. The van der Waals surface area contributed by atoms with Crippen molar-refractivity contribution in [1.29, 1.82) is 5.26 Å². The molecule has 0 amide bonds. The van der Waals surface area contributed by atoms with Gasteiger partial charge in [-0.25, -0.2) is 5.26 Å². The van der Waals surface area contributed by atoms with Crippen LogP contribution in [0, 0.1) is 18.3 Å². The molecule has 0 rings (SSSR count).